The normalized spacial score (nSPS) is 15.5. The summed E-state index contributed by atoms with van der Waals surface area (Å²) in [6.45, 7) is 1.73. The second-order valence-electron chi connectivity index (χ2n) is 5.90. The Morgan fingerprint density at radius 2 is 1.81 bits per heavy atom. The third-order valence-electron chi connectivity index (χ3n) is 4.28. The van der Waals surface area contributed by atoms with Crippen LogP contribution in [0.3, 0.4) is 0 Å². The van der Waals surface area contributed by atoms with Gasteiger partial charge in [0.05, 0.1) is 31.1 Å². The van der Waals surface area contributed by atoms with Crippen molar-refractivity contribution in [2.75, 3.05) is 19.1 Å². The first-order valence-electron chi connectivity index (χ1n) is 8.21. The predicted octanol–water partition coefficient (Wildman–Crippen LogP) is 4.33. The van der Waals surface area contributed by atoms with Gasteiger partial charge in [-0.25, -0.2) is 4.79 Å². The Bertz CT molecular complexity index is 960. The molecule has 1 aliphatic rings. The van der Waals surface area contributed by atoms with Gasteiger partial charge in [-0.15, -0.1) is 0 Å². The zero-order valence-electron chi connectivity index (χ0n) is 15.2. The van der Waals surface area contributed by atoms with E-state index in [1.165, 1.54) is 12.0 Å². The lowest BCUT2D eigenvalue weighted by molar-refractivity contribution is -0.136. The van der Waals surface area contributed by atoms with Gasteiger partial charge in [-0.3, -0.25) is 9.69 Å². The topological polar surface area (TPSA) is 55.8 Å². The van der Waals surface area contributed by atoms with E-state index in [1.807, 2.05) is 24.3 Å². The van der Waals surface area contributed by atoms with Gasteiger partial charge in [-0.05, 0) is 42.8 Å². The van der Waals surface area contributed by atoms with E-state index in [2.05, 4.69) is 15.9 Å². The summed E-state index contributed by atoms with van der Waals surface area (Å²) in [4.78, 5) is 27.1. The Kier molecular flexibility index (Phi) is 5.46. The molecule has 0 aliphatic carbocycles. The van der Waals surface area contributed by atoms with Crippen molar-refractivity contribution in [3.8, 4) is 5.75 Å². The minimum absolute atomic E-state index is 0.258. The number of benzene rings is 2. The molecule has 6 heteroatoms. The molecule has 138 valence electrons. The van der Waals surface area contributed by atoms with Crippen molar-refractivity contribution in [3.63, 3.8) is 0 Å². The molecule has 27 heavy (non-hydrogen) atoms. The summed E-state index contributed by atoms with van der Waals surface area (Å²) in [7, 11) is 2.87. The molecule has 3 rings (SSSR count). The Hall–Kier alpha value is -2.86. The van der Waals surface area contributed by atoms with Crippen molar-refractivity contribution >= 4 is 39.6 Å². The van der Waals surface area contributed by atoms with Gasteiger partial charge in [-0.2, -0.15) is 0 Å². The number of hydrogen-bond acceptors (Lipinski definition) is 4. The molecule has 0 unspecified atom stereocenters. The quantitative estimate of drug-likeness (QED) is 0.537. The minimum Gasteiger partial charge on any atom is -0.497 e. The maximum absolute atomic E-state index is 13.2. The van der Waals surface area contributed by atoms with Gasteiger partial charge < -0.3 is 9.47 Å². The lowest BCUT2D eigenvalue weighted by Gasteiger charge is -2.18. The van der Waals surface area contributed by atoms with E-state index in [4.69, 9.17) is 9.47 Å². The van der Waals surface area contributed by atoms with E-state index in [-0.39, 0.29) is 11.5 Å². The van der Waals surface area contributed by atoms with Crippen molar-refractivity contribution in [3.05, 3.63) is 75.4 Å². The highest BCUT2D eigenvalue weighted by Gasteiger charge is 2.37. The molecule has 1 aliphatic heterocycles. The van der Waals surface area contributed by atoms with E-state index in [9.17, 15) is 9.59 Å². The molecule has 0 atom stereocenters. The van der Waals surface area contributed by atoms with Crippen LogP contribution in [0.5, 0.6) is 5.75 Å². The lowest BCUT2D eigenvalue weighted by Crippen LogP contribution is -2.24. The van der Waals surface area contributed by atoms with Crippen molar-refractivity contribution in [1.82, 2.24) is 0 Å². The van der Waals surface area contributed by atoms with Gasteiger partial charge in [-0.1, -0.05) is 34.1 Å². The summed E-state index contributed by atoms with van der Waals surface area (Å²) in [6, 6.07) is 14.6. The largest absolute Gasteiger partial charge is 0.497 e. The molecule has 0 saturated heterocycles. The van der Waals surface area contributed by atoms with Crippen LogP contribution in [-0.4, -0.2) is 26.1 Å². The molecule has 0 N–H and O–H groups in total. The summed E-state index contributed by atoms with van der Waals surface area (Å²) >= 11 is 3.39. The highest BCUT2D eigenvalue weighted by Crippen LogP contribution is 2.36. The number of methoxy groups -OCH3 is 2. The van der Waals surface area contributed by atoms with Gasteiger partial charge in [0.1, 0.15) is 5.75 Å². The third kappa shape index (κ3) is 3.66. The van der Waals surface area contributed by atoms with Crippen molar-refractivity contribution in [1.29, 1.82) is 0 Å². The van der Waals surface area contributed by atoms with E-state index in [1.54, 1.807) is 44.4 Å². The first-order chi connectivity index (χ1) is 13.0. The molecule has 0 saturated carbocycles. The second kappa shape index (κ2) is 7.80. The molecule has 0 aromatic heterocycles. The van der Waals surface area contributed by atoms with Crippen molar-refractivity contribution in [2.45, 2.75) is 6.92 Å². The standard InChI is InChI=1S/C21H18BrNO4/c1-13-19(21(25)27-3)18(11-14-7-9-15(22)10-8-14)20(24)23(13)16-5-4-6-17(12-16)26-2/h4-12H,1-3H3. The Morgan fingerprint density at radius 1 is 1.11 bits per heavy atom. The summed E-state index contributed by atoms with van der Waals surface area (Å²) in [6.07, 6.45) is 1.70. The van der Waals surface area contributed by atoms with Crippen LogP contribution in [0.25, 0.3) is 6.08 Å². The Morgan fingerprint density at radius 3 is 2.44 bits per heavy atom. The molecular formula is C21H18BrNO4. The summed E-state index contributed by atoms with van der Waals surface area (Å²) in [5.41, 5.74) is 2.50. The van der Waals surface area contributed by atoms with Crippen LogP contribution < -0.4 is 9.64 Å². The van der Waals surface area contributed by atoms with Crippen LogP contribution in [-0.2, 0) is 14.3 Å². The summed E-state index contributed by atoms with van der Waals surface area (Å²) < 4.78 is 11.1. The first-order valence-corrected chi connectivity index (χ1v) is 9.01. The van der Waals surface area contributed by atoms with E-state index in [0.29, 0.717) is 22.7 Å². The number of esters is 1. The average molecular weight is 428 g/mol. The molecule has 2 aromatic rings. The van der Waals surface area contributed by atoms with Gasteiger partial charge in [0.2, 0.25) is 0 Å². The summed E-state index contributed by atoms with van der Waals surface area (Å²) in [5, 5.41) is 0. The highest BCUT2D eigenvalue weighted by atomic mass is 79.9. The zero-order chi connectivity index (χ0) is 19.6. The fourth-order valence-electron chi connectivity index (χ4n) is 2.97. The average Bonchev–Trinajstić information content (AvgIpc) is 2.92. The number of anilines is 1. The lowest BCUT2D eigenvalue weighted by atomic mass is 10.0. The van der Waals surface area contributed by atoms with Crippen LogP contribution in [0.1, 0.15) is 12.5 Å². The SMILES string of the molecule is COC(=O)C1=C(C)N(c2cccc(OC)c2)C(=O)C1=Cc1ccc(Br)cc1. The zero-order valence-corrected chi connectivity index (χ0v) is 16.7. The van der Waals surface area contributed by atoms with Crippen molar-refractivity contribution < 1.29 is 19.1 Å². The minimum atomic E-state index is -0.547. The first kappa shape index (κ1) is 18.9. The van der Waals surface area contributed by atoms with Crippen LogP contribution in [0, 0.1) is 0 Å². The molecule has 0 radical (unpaired) electrons. The molecule has 0 fully saturated rings. The number of nitrogens with zero attached hydrogens (tertiary/aromatic N) is 1. The number of rotatable bonds is 4. The van der Waals surface area contributed by atoms with E-state index < -0.39 is 5.97 Å². The monoisotopic (exact) mass is 427 g/mol. The molecular weight excluding hydrogens is 410 g/mol. The Labute approximate surface area is 166 Å². The van der Waals surface area contributed by atoms with E-state index >= 15 is 0 Å². The smallest absolute Gasteiger partial charge is 0.340 e. The molecule has 0 spiro atoms. The fourth-order valence-corrected chi connectivity index (χ4v) is 3.23. The molecule has 5 nitrogen and oxygen atoms in total. The molecule has 1 amide bonds. The van der Waals surface area contributed by atoms with Crippen molar-refractivity contribution in [2.24, 2.45) is 0 Å². The van der Waals surface area contributed by atoms with Crippen LogP contribution in [0.2, 0.25) is 0 Å². The number of amides is 1. The second-order valence-corrected chi connectivity index (χ2v) is 6.82. The maximum atomic E-state index is 13.2. The Balaban J connectivity index is 2.12. The number of allylic oxidation sites excluding steroid dienone is 1. The number of carbonyl (C=O) groups excluding carboxylic acids is 2. The fraction of sp³-hybridized carbons (Fsp3) is 0.143. The molecule has 0 bridgehead atoms. The maximum Gasteiger partial charge on any atom is 0.340 e. The summed E-state index contributed by atoms with van der Waals surface area (Å²) in [5.74, 6) is -0.211. The number of hydrogen-bond donors (Lipinski definition) is 0. The highest BCUT2D eigenvalue weighted by molar-refractivity contribution is 9.10. The van der Waals surface area contributed by atoms with Crippen LogP contribution >= 0.6 is 15.9 Å². The third-order valence-corrected chi connectivity index (χ3v) is 4.81. The van der Waals surface area contributed by atoms with E-state index in [0.717, 1.165) is 10.0 Å². The predicted molar refractivity (Wildman–Crippen MR) is 107 cm³/mol. The number of carbonyl (C=O) groups is 2. The van der Waals surface area contributed by atoms with Gasteiger partial charge >= 0.3 is 5.97 Å². The number of ether oxygens (including phenoxy) is 2. The van der Waals surface area contributed by atoms with Crippen LogP contribution in [0.4, 0.5) is 5.69 Å². The van der Waals surface area contributed by atoms with Crippen LogP contribution in [0.15, 0.2) is 69.8 Å². The number of halogens is 1. The van der Waals surface area contributed by atoms with Gasteiger partial charge in [0.15, 0.2) is 0 Å². The van der Waals surface area contributed by atoms with Gasteiger partial charge in [0.25, 0.3) is 5.91 Å². The molecule has 2 aromatic carbocycles. The van der Waals surface area contributed by atoms with Gasteiger partial charge in [0, 0.05) is 16.2 Å². The molecule has 1 heterocycles.